The van der Waals surface area contributed by atoms with Crippen LogP contribution in [0.1, 0.15) is 30.9 Å². The molecule has 0 aromatic heterocycles. The van der Waals surface area contributed by atoms with E-state index in [1.807, 2.05) is 0 Å². The molecular formula is C16H26N2O. The Hall–Kier alpha value is -1.06. The van der Waals surface area contributed by atoms with Gasteiger partial charge in [0.2, 0.25) is 0 Å². The number of ether oxygens (including phenoxy) is 1. The Morgan fingerprint density at radius 2 is 2.26 bits per heavy atom. The lowest BCUT2D eigenvalue weighted by molar-refractivity contribution is 0.271. The number of nitrogens with two attached hydrogens (primary N) is 1. The normalized spacial score (nSPS) is 16.0. The zero-order valence-electron chi connectivity index (χ0n) is 12.2. The van der Waals surface area contributed by atoms with Gasteiger partial charge in [0, 0.05) is 13.1 Å². The van der Waals surface area contributed by atoms with Crippen LogP contribution in [0, 0.1) is 5.92 Å². The molecule has 1 atom stereocenters. The van der Waals surface area contributed by atoms with Crippen LogP contribution in [0.25, 0.3) is 0 Å². The molecule has 1 aliphatic rings. The molecule has 0 amide bonds. The topological polar surface area (TPSA) is 38.5 Å². The van der Waals surface area contributed by atoms with Crippen molar-refractivity contribution >= 4 is 0 Å². The summed E-state index contributed by atoms with van der Waals surface area (Å²) in [5.41, 5.74) is 8.35. The van der Waals surface area contributed by atoms with E-state index in [4.69, 9.17) is 10.5 Å². The van der Waals surface area contributed by atoms with Crippen LogP contribution in [0.15, 0.2) is 18.2 Å². The highest BCUT2D eigenvalue weighted by Crippen LogP contribution is 2.26. The first-order valence-corrected chi connectivity index (χ1v) is 7.32. The summed E-state index contributed by atoms with van der Waals surface area (Å²) in [5.74, 6) is 1.74. The van der Waals surface area contributed by atoms with Crippen molar-refractivity contribution in [3.63, 3.8) is 0 Å². The molecule has 1 aromatic rings. The van der Waals surface area contributed by atoms with Crippen LogP contribution >= 0.6 is 0 Å². The van der Waals surface area contributed by atoms with Crippen molar-refractivity contribution in [2.24, 2.45) is 11.7 Å². The Bertz CT molecular complexity index is 406. The van der Waals surface area contributed by atoms with E-state index in [0.29, 0.717) is 5.92 Å². The van der Waals surface area contributed by atoms with Crippen LogP contribution in [0.2, 0.25) is 0 Å². The third-order valence-electron chi connectivity index (χ3n) is 3.71. The van der Waals surface area contributed by atoms with Gasteiger partial charge in [-0.1, -0.05) is 19.1 Å². The third kappa shape index (κ3) is 4.22. The molecule has 0 bridgehead atoms. The number of fused-ring (bicyclic) bond motifs is 1. The smallest absolute Gasteiger partial charge is 0.122 e. The predicted octanol–water partition coefficient (Wildman–Crippen LogP) is 2.43. The molecule has 0 radical (unpaired) electrons. The highest BCUT2D eigenvalue weighted by Gasteiger charge is 2.12. The first kappa shape index (κ1) is 14.4. The van der Waals surface area contributed by atoms with Crippen LogP contribution in [0.4, 0.5) is 0 Å². The van der Waals surface area contributed by atoms with Crippen LogP contribution in [-0.2, 0) is 13.0 Å². The summed E-state index contributed by atoms with van der Waals surface area (Å²) in [6, 6.07) is 6.62. The van der Waals surface area contributed by atoms with Gasteiger partial charge in [0.15, 0.2) is 0 Å². The maximum atomic E-state index is 5.65. The number of rotatable bonds is 6. The van der Waals surface area contributed by atoms with Gasteiger partial charge in [-0.25, -0.2) is 0 Å². The Morgan fingerprint density at radius 3 is 3.05 bits per heavy atom. The van der Waals surface area contributed by atoms with E-state index >= 15 is 0 Å². The van der Waals surface area contributed by atoms with Crippen LogP contribution in [0.5, 0.6) is 5.75 Å². The van der Waals surface area contributed by atoms with Gasteiger partial charge in [0.05, 0.1) is 6.61 Å². The van der Waals surface area contributed by atoms with E-state index in [9.17, 15) is 0 Å². The molecule has 2 rings (SSSR count). The average molecular weight is 262 g/mol. The number of hydrogen-bond acceptors (Lipinski definition) is 3. The molecule has 0 aliphatic carbocycles. The molecule has 2 N–H and O–H groups in total. The zero-order chi connectivity index (χ0) is 13.7. The van der Waals surface area contributed by atoms with E-state index in [1.165, 1.54) is 11.1 Å². The van der Waals surface area contributed by atoms with Gasteiger partial charge in [-0.15, -0.1) is 0 Å². The monoisotopic (exact) mass is 262 g/mol. The second-order valence-electron chi connectivity index (χ2n) is 5.77. The maximum absolute atomic E-state index is 5.65. The van der Waals surface area contributed by atoms with Gasteiger partial charge in [-0.05, 0) is 56.0 Å². The molecule has 1 aliphatic heterocycles. The molecule has 0 saturated heterocycles. The molecule has 1 heterocycles. The molecule has 106 valence electrons. The summed E-state index contributed by atoms with van der Waals surface area (Å²) in [6.07, 6.45) is 3.39. The lowest BCUT2D eigenvalue weighted by Gasteiger charge is -2.22. The van der Waals surface area contributed by atoms with Crippen LogP contribution in [-0.4, -0.2) is 31.6 Å². The predicted molar refractivity (Wildman–Crippen MR) is 79.4 cm³/mol. The summed E-state index contributed by atoms with van der Waals surface area (Å²) in [7, 11) is 2.18. The SMILES string of the molecule is CC(CCN)CN(C)Cc1ccc2c(c1)CCCO2. The quantitative estimate of drug-likeness (QED) is 0.855. The Kier molecular flexibility index (Phi) is 5.23. The molecule has 0 saturated carbocycles. The van der Waals surface area contributed by atoms with Crippen molar-refractivity contribution in [3.05, 3.63) is 29.3 Å². The minimum Gasteiger partial charge on any atom is -0.493 e. The largest absolute Gasteiger partial charge is 0.493 e. The fourth-order valence-electron chi connectivity index (χ4n) is 2.80. The first-order valence-electron chi connectivity index (χ1n) is 7.32. The van der Waals surface area contributed by atoms with Crippen molar-refractivity contribution in [3.8, 4) is 5.75 Å². The minimum absolute atomic E-state index is 0.663. The Labute approximate surface area is 116 Å². The number of benzene rings is 1. The molecule has 3 heteroatoms. The molecule has 1 aromatic carbocycles. The first-order chi connectivity index (χ1) is 9.19. The van der Waals surface area contributed by atoms with Gasteiger partial charge in [-0.2, -0.15) is 0 Å². The van der Waals surface area contributed by atoms with Crippen molar-refractivity contribution in [2.75, 3.05) is 26.7 Å². The van der Waals surface area contributed by atoms with Gasteiger partial charge in [0.1, 0.15) is 5.75 Å². The Balaban J connectivity index is 1.91. The van der Waals surface area contributed by atoms with E-state index < -0.39 is 0 Å². The van der Waals surface area contributed by atoms with E-state index in [0.717, 1.165) is 51.3 Å². The third-order valence-corrected chi connectivity index (χ3v) is 3.71. The van der Waals surface area contributed by atoms with Gasteiger partial charge in [-0.3, -0.25) is 0 Å². The summed E-state index contributed by atoms with van der Waals surface area (Å²) in [4.78, 5) is 2.38. The lowest BCUT2D eigenvalue weighted by atomic mass is 10.0. The summed E-state index contributed by atoms with van der Waals surface area (Å²) in [5, 5.41) is 0. The number of nitrogens with zero attached hydrogens (tertiary/aromatic N) is 1. The van der Waals surface area contributed by atoms with Gasteiger partial charge < -0.3 is 15.4 Å². The van der Waals surface area contributed by atoms with Crippen molar-refractivity contribution in [2.45, 2.75) is 32.7 Å². The fourth-order valence-corrected chi connectivity index (χ4v) is 2.80. The van der Waals surface area contributed by atoms with Crippen molar-refractivity contribution in [1.82, 2.24) is 4.90 Å². The zero-order valence-corrected chi connectivity index (χ0v) is 12.2. The van der Waals surface area contributed by atoms with Crippen molar-refractivity contribution < 1.29 is 4.74 Å². The van der Waals surface area contributed by atoms with Crippen LogP contribution in [0.3, 0.4) is 0 Å². The summed E-state index contributed by atoms with van der Waals surface area (Å²) < 4.78 is 5.65. The summed E-state index contributed by atoms with van der Waals surface area (Å²) in [6.45, 7) is 6.02. The highest BCUT2D eigenvalue weighted by atomic mass is 16.5. The summed E-state index contributed by atoms with van der Waals surface area (Å²) >= 11 is 0. The van der Waals surface area contributed by atoms with E-state index in [-0.39, 0.29) is 0 Å². The van der Waals surface area contributed by atoms with Crippen molar-refractivity contribution in [1.29, 1.82) is 0 Å². The van der Waals surface area contributed by atoms with Gasteiger partial charge in [0.25, 0.3) is 0 Å². The number of aryl methyl sites for hydroxylation is 1. The molecular weight excluding hydrogens is 236 g/mol. The molecule has 0 fully saturated rings. The average Bonchev–Trinajstić information content (AvgIpc) is 2.38. The highest BCUT2D eigenvalue weighted by molar-refractivity contribution is 5.38. The standard InChI is InChI=1S/C16H26N2O/c1-13(7-8-17)11-18(2)12-14-5-6-16-15(10-14)4-3-9-19-16/h5-6,10,13H,3-4,7-9,11-12,17H2,1-2H3. The molecule has 0 spiro atoms. The maximum Gasteiger partial charge on any atom is 0.122 e. The van der Waals surface area contributed by atoms with Crippen LogP contribution < -0.4 is 10.5 Å². The second kappa shape index (κ2) is 6.92. The van der Waals surface area contributed by atoms with E-state index in [2.05, 4.69) is 37.1 Å². The lowest BCUT2D eigenvalue weighted by Crippen LogP contribution is -2.25. The number of hydrogen-bond donors (Lipinski definition) is 1. The minimum atomic E-state index is 0.663. The Morgan fingerprint density at radius 1 is 1.42 bits per heavy atom. The molecule has 19 heavy (non-hydrogen) atoms. The molecule has 1 unspecified atom stereocenters. The van der Waals surface area contributed by atoms with Gasteiger partial charge >= 0.3 is 0 Å². The van der Waals surface area contributed by atoms with E-state index in [1.54, 1.807) is 0 Å². The second-order valence-corrected chi connectivity index (χ2v) is 5.77. The fraction of sp³-hybridized carbons (Fsp3) is 0.625. The molecule has 3 nitrogen and oxygen atoms in total.